The summed E-state index contributed by atoms with van der Waals surface area (Å²) in [6.07, 6.45) is 71.1. The van der Waals surface area contributed by atoms with E-state index in [9.17, 15) is 19.0 Å². The Balaban J connectivity index is 5.38. The topological polar surface area (TPSA) is 114 Å². The van der Waals surface area contributed by atoms with Crippen molar-refractivity contribution in [1.29, 1.82) is 0 Å². The number of hydrogen-bond acceptors (Lipinski definition) is 7. The summed E-state index contributed by atoms with van der Waals surface area (Å²) in [5.74, 6) is -0.586. The van der Waals surface area contributed by atoms with Gasteiger partial charge in [-0.1, -0.05) is 228 Å². The molecule has 1 N–H and O–H groups in total. The summed E-state index contributed by atoms with van der Waals surface area (Å²) in [4.78, 5) is 40.0. The van der Waals surface area contributed by atoms with Crippen molar-refractivity contribution in [3.8, 4) is 0 Å². The first kappa shape index (κ1) is 72.2. The number of nitrogens with zero attached hydrogens (tertiary/aromatic N) is 1. The highest BCUT2D eigenvalue weighted by Crippen LogP contribution is 2.38. The van der Waals surface area contributed by atoms with Crippen molar-refractivity contribution in [1.82, 2.24) is 5.32 Å². The molecule has 0 aromatic carbocycles. The fourth-order valence-corrected chi connectivity index (χ4v) is 9.20. The second-order valence-corrected chi connectivity index (χ2v) is 23.3. The van der Waals surface area contributed by atoms with E-state index in [0.717, 1.165) is 89.9 Å². The van der Waals surface area contributed by atoms with Gasteiger partial charge in [0.2, 0.25) is 5.91 Å². The van der Waals surface area contributed by atoms with Gasteiger partial charge in [-0.3, -0.25) is 14.2 Å². The molecule has 0 rings (SSSR count). The van der Waals surface area contributed by atoms with Gasteiger partial charge in [0.05, 0.1) is 33.8 Å². The summed E-state index contributed by atoms with van der Waals surface area (Å²) >= 11 is 0. The Bertz CT molecular complexity index is 1560. The molecule has 9 nitrogen and oxygen atoms in total. The van der Waals surface area contributed by atoms with Crippen molar-refractivity contribution in [3.05, 3.63) is 85.1 Å². The Kier molecular flexibility index (Phi) is 52.5. The largest absolute Gasteiger partial charge is 0.756 e. The maximum Gasteiger partial charge on any atom is 0.306 e. The molecule has 0 aliphatic heterocycles. The summed E-state index contributed by atoms with van der Waals surface area (Å²) in [6, 6.07) is -0.912. The molecule has 3 unspecified atom stereocenters. The van der Waals surface area contributed by atoms with Crippen molar-refractivity contribution >= 4 is 19.7 Å². The lowest BCUT2D eigenvalue weighted by molar-refractivity contribution is -0.870. The van der Waals surface area contributed by atoms with Crippen LogP contribution in [0, 0.1) is 0 Å². The number of phosphoric ester groups is 1. The number of rotatable bonds is 55. The predicted octanol–water partition coefficient (Wildman–Crippen LogP) is 18.4. The number of unbranched alkanes of at least 4 members (excludes halogenated alkanes) is 27. The molecular formula is C65H117N2O7P. The lowest BCUT2D eigenvalue weighted by atomic mass is 10.0. The van der Waals surface area contributed by atoms with Crippen LogP contribution in [-0.4, -0.2) is 69.4 Å². The summed E-state index contributed by atoms with van der Waals surface area (Å²) < 4.78 is 30.3. The zero-order valence-corrected chi connectivity index (χ0v) is 50.4. The molecular weight excluding hydrogens is 952 g/mol. The van der Waals surface area contributed by atoms with E-state index in [1.807, 2.05) is 33.3 Å². The van der Waals surface area contributed by atoms with Crippen LogP contribution in [0.1, 0.15) is 265 Å². The minimum absolute atomic E-state index is 0.0334. The molecule has 0 heterocycles. The van der Waals surface area contributed by atoms with E-state index >= 15 is 0 Å². The minimum Gasteiger partial charge on any atom is -0.756 e. The van der Waals surface area contributed by atoms with Crippen molar-refractivity contribution in [2.24, 2.45) is 0 Å². The first-order valence-electron chi connectivity index (χ1n) is 30.9. The first-order chi connectivity index (χ1) is 36.4. The Morgan fingerprint density at radius 1 is 0.467 bits per heavy atom. The number of amides is 1. The Hall–Kier alpha value is -2.81. The van der Waals surface area contributed by atoms with Crippen LogP contribution in [0.5, 0.6) is 0 Å². The molecule has 0 saturated carbocycles. The molecule has 1 amide bonds. The van der Waals surface area contributed by atoms with Gasteiger partial charge in [0.25, 0.3) is 7.82 Å². The zero-order valence-electron chi connectivity index (χ0n) is 49.5. The quantitative estimate of drug-likeness (QED) is 0.0212. The van der Waals surface area contributed by atoms with E-state index in [4.69, 9.17) is 13.8 Å². The molecule has 0 radical (unpaired) electrons. The third-order valence-corrected chi connectivity index (χ3v) is 14.3. The van der Waals surface area contributed by atoms with Crippen LogP contribution in [0.4, 0.5) is 0 Å². The summed E-state index contributed by atoms with van der Waals surface area (Å²) in [6.45, 7) is 6.76. The van der Waals surface area contributed by atoms with E-state index < -0.39 is 26.6 Å². The van der Waals surface area contributed by atoms with E-state index in [-0.39, 0.29) is 31.3 Å². The molecule has 0 saturated heterocycles. The molecule has 0 bridgehead atoms. The highest BCUT2D eigenvalue weighted by molar-refractivity contribution is 7.45. The second kappa shape index (κ2) is 54.5. The second-order valence-electron chi connectivity index (χ2n) is 21.8. The highest BCUT2D eigenvalue weighted by atomic mass is 31.2. The molecule has 0 aliphatic rings. The van der Waals surface area contributed by atoms with Crippen LogP contribution in [-0.2, 0) is 27.9 Å². The number of esters is 1. The van der Waals surface area contributed by atoms with Gasteiger partial charge < -0.3 is 28.5 Å². The van der Waals surface area contributed by atoms with Crippen molar-refractivity contribution in [2.75, 3.05) is 40.9 Å². The standard InChI is InChI=1S/C65H117N2O7P/c1-7-10-13-16-19-22-25-28-30-32-33-35-36-39-42-45-48-51-54-57-64(68)66-62(61-73-75(70,71)72-60-59-67(4,5)6)63(56-53-50-47-44-41-38-27-24-21-18-15-12-9-3)74-65(69)58-55-52-49-46-43-40-37-34-31-29-26-23-20-17-14-11-8-2/h19-20,22-23,28-31,33,35,39,42,53,56,62-63H,7-18,21,24-27,32,34,36-38,40-41,43-52,54-55,57-61H2,1-6H3,(H-,66,68,70,71)/b22-19-,23-20-,30-28-,31-29-,35-33-,42-39-,56-53+. The molecule has 434 valence electrons. The van der Waals surface area contributed by atoms with Gasteiger partial charge in [0, 0.05) is 12.8 Å². The van der Waals surface area contributed by atoms with Gasteiger partial charge in [-0.2, -0.15) is 0 Å². The molecule has 75 heavy (non-hydrogen) atoms. The monoisotopic (exact) mass is 1070 g/mol. The molecule has 10 heteroatoms. The van der Waals surface area contributed by atoms with Crippen molar-refractivity contribution in [2.45, 2.75) is 277 Å². The number of likely N-dealkylation sites (N-methyl/N-ethyl adjacent to an activating group) is 1. The normalized spacial score (nSPS) is 14.3. The van der Waals surface area contributed by atoms with E-state index in [1.54, 1.807) is 0 Å². The minimum atomic E-state index is -4.71. The zero-order chi connectivity index (χ0) is 55.0. The number of carbonyl (C=O) groups is 2. The lowest BCUT2D eigenvalue weighted by Gasteiger charge is -2.30. The highest BCUT2D eigenvalue weighted by Gasteiger charge is 2.27. The van der Waals surface area contributed by atoms with Crippen molar-refractivity contribution < 1.29 is 37.3 Å². The number of phosphoric acid groups is 1. The Labute approximate surface area is 463 Å². The van der Waals surface area contributed by atoms with Gasteiger partial charge >= 0.3 is 5.97 Å². The third kappa shape index (κ3) is 55.7. The fraction of sp³-hybridized carbons (Fsp3) is 0.754. The number of nitrogens with one attached hydrogen (secondary N) is 1. The molecule has 0 fully saturated rings. The number of hydrogen-bond donors (Lipinski definition) is 1. The summed E-state index contributed by atoms with van der Waals surface area (Å²) in [5.41, 5.74) is 0. The van der Waals surface area contributed by atoms with E-state index in [0.29, 0.717) is 23.9 Å². The van der Waals surface area contributed by atoms with Crippen LogP contribution < -0.4 is 10.2 Å². The number of quaternary nitrogens is 1. The number of allylic oxidation sites excluding steroid dienone is 13. The van der Waals surface area contributed by atoms with Gasteiger partial charge in [-0.15, -0.1) is 0 Å². The van der Waals surface area contributed by atoms with Gasteiger partial charge in [0.15, 0.2) is 0 Å². The lowest BCUT2D eigenvalue weighted by Crippen LogP contribution is -2.47. The van der Waals surface area contributed by atoms with Crippen LogP contribution >= 0.6 is 7.82 Å². The Morgan fingerprint density at radius 2 is 0.813 bits per heavy atom. The van der Waals surface area contributed by atoms with Crippen LogP contribution in [0.25, 0.3) is 0 Å². The maximum absolute atomic E-state index is 13.5. The maximum atomic E-state index is 13.5. The Morgan fingerprint density at radius 3 is 1.25 bits per heavy atom. The average Bonchev–Trinajstić information content (AvgIpc) is 3.37. The number of carbonyl (C=O) groups excluding carboxylic acids is 2. The van der Waals surface area contributed by atoms with Gasteiger partial charge in [0.1, 0.15) is 19.3 Å². The summed E-state index contributed by atoms with van der Waals surface area (Å²) in [7, 11) is 1.15. The molecule has 0 aliphatic carbocycles. The average molecular weight is 1070 g/mol. The van der Waals surface area contributed by atoms with Crippen LogP contribution in [0.3, 0.4) is 0 Å². The molecule has 0 aromatic heterocycles. The predicted molar refractivity (Wildman–Crippen MR) is 321 cm³/mol. The van der Waals surface area contributed by atoms with Gasteiger partial charge in [-0.05, 0) is 109 Å². The molecule has 0 spiro atoms. The van der Waals surface area contributed by atoms with E-state index in [1.165, 1.54) is 128 Å². The molecule has 3 atom stereocenters. The van der Waals surface area contributed by atoms with E-state index in [2.05, 4.69) is 99.0 Å². The SMILES string of the molecule is CCCCC/C=C\C/C=C\C/C=C\C/C=C\CCCCCC(=O)NC(COP(=O)([O-])OCC[N+](C)(C)C)C(/C=C/CCCCCCCCCCCCC)OC(=O)CCCCCCCCC/C=C\C/C=C\CCCCC. The number of ether oxygens (including phenoxy) is 1. The van der Waals surface area contributed by atoms with Crippen LogP contribution in [0.15, 0.2) is 85.1 Å². The fourth-order valence-electron chi connectivity index (χ4n) is 8.48. The van der Waals surface area contributed by atoms with Gasteiger partial charge in [-0.25, -0.2) is 0 Å². The van der Waals surface area contributed by atoms with Crippen molar-refractivity contribution in [3.63, 3.8) is 0 Å². The third-order valence-electron chi connectivity index (χ3n) is 13.3. The first-order valence-corrected chi connectivity index (χ1v) is 32.4. The molecule has 0 aromatic rings. The van der Waals surface area contributed by atoms with Crippen LogP contribution in [0.2, 0.25) is 0 Å². The summed E-state index contributed by atoms with van der Waals surface area (Å²) in [5, 5.41) is 3.01. The smallest absolute Gasteiger partial charge is 0.306 e.